The van der Waals surface area contributed by atoms with E-state index in [0.29, 0.717) is 13.0 Å². The molecular weight excluding hydrogens is 250 g/mol. The van der Waals surface area contributed by atoms with Crippen molar-refractivity contribution in [3.63, 3.8) is 0 Å². The molecule has 0 aromatic carbocycles. The van der Waals surface area contributed by atoms with Gasteiger partial charge < -0.3 is 10.1 Å². The van der Waals surface area contributed by atoms with Crippen molar-refractivity contribution in [3.8, 4) is 0 Å². The molecule has 2 N–H and O–H groups in total. The van der Waals surface area contributed by atoms with Crippen molar-refractivity contribution in [1.29, 1.82) is 0 Å². The Morgan fingerprint density at radius 3 is 3.00 bits per heavy atom. The number of hydrogen-bond acceptors (Lipinski definition) is 4. The molecule has 1 unspecified atom stereocenters. The number of hydrogen-bond donors (Lipinski definition) is 1. The van der Waals surface area contributed by atoms with Crippen LogP contribution in [0.4, 0.5) is 0 Å². The van der Waals surface area contributed by atoms with Gasteiger partial charge in [0.15, 0.2) is 9.84 Å². The Labute approximate surface area is 106 Å². The first-order valence-corrected chi connectivity index (χ1v) is 7.77. The zero-order valence-corrected chi connectivity index (χ0v) is 10.7. The van der Waals surface area contributed by atoms with Crippen molar-refractivity contribution in [2.75, 3.05) is 11.5 Å². The molecule has 6 heteroatoms. The van der Waals surface area contributed by atoms with Gasteiger partial charge in [0.2, 0.25) is 0 Å². The quantitative estimate of drug-likeness (QED) is 0.867. The van der Waals surface area contributed by atoms with E-state index in [1.165, 1.54) is 0 Å². The van der Waals surface area contributed by atoms with Crippen LogP contribution in [-0.4, -0.2) is 29.3 Å². The maximum absolute atomic E-state index is 11.5. The van der Waals surface area contributed by atoms with Crippen LogP contribution in [0.15, 0.2) is 24.5 Å². The van der Waals surface area contributed by atoms with Crippen molar-refractivity contribution in [1.82, 2.24) is 9.38 Å². The predicted molar refractivity (Wildman–Crippen MR) is 69.1 cm³/mol. The number of nitrogens with zero attached hydrogens (tertiary/aromatic N) is 2. The lowest BCUT2D eigenvalue weighted by atomic mass is 10.1. The fourth-order valence-corrected chi connectivity index (χ4v) is 4.23. The lowest BCUT2D eigenvalue weighted by Gasteiger charge is -2.07. The van der Waals surface area contributed by atoms with Gasteiger partial charge >= 0.3 is 0 Å². The van der Waals surface area contributed by atoms with Crippen LogP contribution in [0.2, 0.25) is 0 Å². The zero-order valence-electron chi connectivity index (χ0n) is 9.91. The maximum Gasteiger partial charge on any atom is 0.151 e. The molecule has 1 saturated heterocycles. The molecule has 0 amide bonds. The molecule has 96 valence electrons. The summed E-state index contributed by atoms with van der Waals surface area (Å²) in [4.78, 5) is 4.38. The summed E-state index contributed by atoms with van der Waals surface area (Å²) in [5.41, 5.74) is 7.62. The van der Waals surface area contributed by atoms with Crippen LogP contribution in [-0.2, 0) is 16.4 Å². The minimum Gasteiger partial charge on any atom is -0.326 e. The first kappa shape index (κ1) is 11.7. The minimum absolute atomic E-state index is 0.0150. The van der Waals surface area contributed by atoms with Gasteiger partial charge in [-0.15, -0.1) is 0 Å². The van der Waals surface area contributed by atoms with Gasteiger partial charge in [0.1, 0.15) is 5.82 Å². The molecule has 0 radical (unpaired) electrons. The second-order valence-electron chi connectivity index (χ2n) is 4.75. The Bertz CT molecular complexity index is 690. The van der Waals surface area contributed by atoms with Gasteiger partial charge in [-0.25, -0.2) is 13.4 Å². The van der Waals surface area contributed by atoms with Crippen LogP contribution < -0.4 is 5.73 Å². The van der Waals surface area contributed by atoms with Gasteiger partial charge in [0, 0.05) is 18.7 Å². The molecule has 3 heterocycles. The molecule has 2 aromatic heterocycles. The Hall–Kier alpha value is -1.40. The summed E-state index contributed by atoms with van der Waals surface area (Å²) in [7, 11) is -2.88. The van der Waals surface area contributed by atoms with Crippen molar-refractivity contribution < 1.29 is 8.42 Å². The van der Waals surface area contributed by atoms with E-state index in [0.717, 1.165) is 16.9 Å². The maximum atomic E-state index is 11.5. The number of sulfone groups is 1. The van der Waals surface area contributed by atoms with Crippen molar-refractivity contribution in [2.24, 2.45) is 5.73 Å². The Morgan fingerprint density at radius 1 is 1.50 bits per heavy atom. The van der Waals surface area contributed by atoms with Gasteiger partial charge in [0.05, 0.1) is 23.2 Å². The third kappa shape index (κ3) is 1.91. The molecule has 3 rings (SSSR count). The molecule has 0 spiro atoms. The summed E-state index contributed by atoms with van der Waals surface area (Å²) < 4.78 is 25.0. The van der Waals surface area contributed by atoms with Crippen LogP contribution >= 0.6 is 0 Å². The second-order valence-corrected chi connectivity index (χ2v) is 6.98. The van der Waals surface area contributed by atoms with E-state index in [4.69, 9.17) is 5.73 Å². The summed E-state index contributed by atoms with van der Waals surface area (Å²) in [5, 5.41) is 0. The molecule has 0 aliphatic carbocycles. The van der Waals surface area contributed by atoms with E-state index in [2.05, 4.69) is 4.98 Å². The van der Waals surface area contributed by atoms with Crippen LogP contribution in [0.25, 0.3) is 5.52 Å². The van der Waals surface area contributed by atoms with Crippen molar-refractivity contribution in [3.05, 3.63) is 35.9 Å². The number of imidazole rings is 1. The predicted octanol–water partition coefficient (Wildman–Crippen LogP) is 0.695. The van der Waals surface area contributed by atoms with Gasteiger partial charge in [-0.1, -0.05) is 0 Å². The number of aromatic nitrogens is 2. The highest BCUT2D eigenvalue weighted by Crippen LogP contribution is 2.28. The van der Waals surface area contributed by atoms with Gasteiger partial charge in [0.25, 0.3) is 0 Å². The minimum atomic E-state index is -2.88. The SMILES string of the molecule is NCc1ccn2c(C3CCS(=O)(=O)C3)ncc2c1. The smallest absolute Gasteiger partial charge is 0.151 e. The van der Waals surface area contributed by atoms with E-state index in [-0.39, 0.29) is 17.4 Å². The number of fused-ring (bicyclic) bond motifs is 1. The summed E-state index contributed by atoms with van der Waals surface area (Å²) >= 11 is 0. The van der Waals surface area contributed by atoms with Crippen LogP contribution in [0.5, 0.6) is 0 Å². The van der Waals surface area contributed by atoms with E-state index in [1.807, 2.05) is 22.7 Å². The monoisotopic (exact) mass is 265 g/mol. The fraction of sp³-hybridized carbons (Fsp3) is 0.417. The molecular formula is C12H15N3O2S. The highest BCUT2D eigenvalue weighted by atomic mass is 32.2. The molecule has 1 fully saturated rings. The summed E-state index contributed by atoms with van der Waals surface area (Å²) in [6.07, 6.45) is 4.37. The van der Waals surface area contributed by atoms with E-state index < -0.39 is 9.84 Å². The average Bonchev–Trinajstić information content (AvgIpc) is 2.91. The lowest BCUT2D eigenvalue weighted by Crippen LogP contribution is -2.07. The van der Waals surface area contributed by atoms with E-state index >= 15 is 0 Å². The highest BCUT2D eigenvalue weighted by Gasteiger charge is 2.31. The van der Waals surface area contributed by atoms with E-state index in [1.54, 1.807) is 6.20 Å². The topological polar surface area (TPSA) is 77.5 Å². The van der Waals surface area contributed by atoms with E-state index in [9.17, 15) is 8.42 Å². The summed E-state index contributed by atoms with van der Waals surface area (Å²) in [5.74, 6) is 1.34. The van der Waals surface area contributed by atoms with Crippen LogP contribution in [0.1, 0.15) is 23.7 Å². The number of pyridine rings is 1. The third-order valence-electron chi connectivity index (χ3n) is 3.46. The van der Waals surface area contributed by atoms with Crippen LogP contribution in [0.3, 0.4) is 0 Å². The molecule has 2 aromatic rings. The summed E-state index contributed by atoms with van der Waals surface area (Å²) in [6, 6.07) is 3.93. The summed E-state index contributed by atoms with van der Waals surface area (Å²) in [6.45, 7) is 0.495. The third-order valence-corrected chi connectivity index (χ3v) is 5.23. The molecule has 1 atom stereocenters. The standard InChI is InChI=1S/C12H15N3O2S/c13-6-9-1-3-15-11(5-9)7-14-12(15)10-2-4-18(16,17)8-10/h1,3,5,7,10H,2,4,6,8,13H2. The van der Waals surface area contributed by atoms with Gasteiger partial charge in [-0.2, -0.15) is 0 Å². The zero-order chi connectivity index (χ0) is 12.8. The van der Waals surface area contributed by atoms with Crippen molar-refractivity contribution in [2.45, 2.75) is 18.9 Å². The first-order chi connectivity index (χ1) is 8.59. The second kappa shape index (κ2) is 4.07. The number of nitrogens with two attached hydrogens (primary N) is 1. The number of rotatable bonds is 2. The van der Waals surface area contributed by atoms with Crippen molar-refractivity contribution >= 4 is 15.4 Å². The molecule has 0 saturated carbocycles. The molecule has 0 bridgehead atoms. The molecule has 1 aliphatic rings. The molecule has 1 aliphatic heterocycles. The highest BCUT2D eigenvalue weighted by molar-refractivity contribution is 7.91. The van der Waals surface area contributed by atoms with Gasteiger partial charge in [-0.05, 0) is 24.1 Å². The average molecular weight is 265 g/mol. The first-order valence-electron chi connectivity index (χ1n) is 5.95. The molecule has 18 heavy (non-hydrogen) atoms. The Kier molecular flexibility index (Phi) is 2.64. The van der Waals surface area contributed by atoms with Gasteiger partial charge in [-0.3, -0.25) is 0 Å². The largest absolute Gasteiger partial charge is 0.326 e. The Balaban J connectivity index is 2.03. The fourth-order valence-electron chi connectivity index (χ4n) is 2.49. The Morgan fingerprint density at radius 2 is 2.33 bits per heavy atom. The molecule has 5 nitrogen and oxygen atoms in total. The lowest BCUT2D eigenvalue weighted by molar-refractivity contribution is 0.601. The normalized spacial score (nSPS) is 22.6. The van der Waals surface area contributed by atoms with Crippen LogP contribution in [0, 0.1) is 0 Å².